The molecule has 1 N–H and O–H groups in total. The van der Waals surface area contributed by atoms with Crippen molar-refractivity contribution in [1.29, 1.82) is 0 Å². The van der Waals surface area contributed by atoms with Crippen molar-refractivity contribution in [3.8, 4) is 11.8 Å². The van der Waals surface area contributed by atoms with E-state index < -0.39 is 0 Å². The highest BCUT2D eigenvalue weighted by Gasteiger charge is 2.24. The van der Waals surface area contributed by atoms with Gasteiger partial charge in [-0.2, -0.15) is 0 Å². The topological polar surface area (TPSA) is 46.2 Å². The third-order valence-electron chi connectivity index (χ3n) is 3.42. The molecule has 112 valence electrons. The van der Waals surface area contributed by atoms with Crippen LogP contribution in [0.3, 0.4) is 0 Å². The van der Waals surface area contributed by atoms with Crippen molar-refractivity contribution in [3.05, 3.63) is 81.5 Å². The van der Waals surface area contributed by atoms with E-state index in [0.29, 0.717) is 11.1 Å². The molecule has 0 spiro atoms. The number of halogens is 1. The van der Waals surface area contributed by atoms with Crippen LogP contribution in [-0.4, -0.2) is 18.1 Å². The van der Waals surface area contributed by atoms with Crippen LogP contribution < -0.4 is 5.32 Å². The third-order valence-corrected chi connectivity index (χ3v) is 4.11. The van der Waals surface area contributed by atoms with Gasteiger partial charge in [0, 0.05) is 27.2 Å². The fourth-order valence-corrected chi connectivity index (χ4v) is 2.67. The molecule has 0 fully saturated rings. The minimum absolute atomic E-state index is 0.165. The van der Waals surface area contributed by atoms with Crippen molar-refractivity contribution in [2.75, 3.05) is 6.54 Å². The summed E-state index contributed by atoms with van der Waals surface area (Å²) in [5, 5.41) is 2.93. The van der Waals surface area contributed by atoms with E-state index in [1.807, 2.05) is 24.3 Å². The van der Waals surface area contributed by atoms with Gasteiger partial charge >= 0.3 is 0 Å². The number of nitrogens with one attached hydrogen (secondary N) is 1. The maximum absolute atomic E-state index is 12.3. The monoisotopic (exact) mass is 365 g/mol. The fraction of sp³-hybridized carbons (Fsp3) is 0.0526. The van der Waals surface area contributed by atoms with Crippen LogP contribution in [0.1, 0.15) is 26.3 Å². The SMILES string of the molecule is O=C1C=C(NCC#Cc2ccccc2Br)C(=O)c2ccccc21. The lowest BCUT2D eigenvalue weighted by Crippen LogP contribution is -2.27. The summed E-state index contributed by atoms with van der Waals surface area (Å²) in [5.41, 5.74) is 2.04. The van der Waals surface area contributed by atoms with Crippen LogP contribution in [-0.2, 0) is 0 Å². The van der Waals surface area contributed by atoms with Gasteiger partial charge in [0.1, 0.15) is 0 Å². The van der Waals surface area contributed by atoms with Crippen LogP contribution in [0.5, 0.6) is 0 Å². The Morgan fingerprint density at radius 1 is 0.957 bits per heavy atom. The molecule has 0 unspecified atom stereocenters. The summed E-state index contributed by atoms with van der Waals surface area (Å²) in [6, 6.07) is 14.5. The summed E-state index contributed by atoms with van der Waals surface area (Å²) >= 11 is 3.43. The first-order valence-corrected chi connectivity index (χ1v) is 7.83. The second-order valence-electron chi connectivity index (χ2n) is 4.93. The Hall–Kier alpha value is -2.64. The number of ketones is 2. The summed E-state index contributed by atoms with van der Waals surface area (Å²) in [5.74, 6) is 5.63. The van der Waals surface area contributed by atoms with E-state index in [1.165, 1.54) is 6.08 Å². The van der Waals surface area contributed by atoms with E-state index in [9.17, 15) is 9.59 Å². The number of carbonyl (C=O) groups excluding carboxylic acids is 2. The second-order valence-corrected chi connectivity index (χ2v) is 5.79. The van der Waals surface area contributed by atoms with Gasteiger partial charge in [0.05, 0.1) is 12.2 Å². The van der Waals surface area contributed by atoms with Crippen molar-refractivity contribution in [3.63, 3.8) is 0 Å². The molecule has 0 radical (unpaired) electrons. The van der Waals surface area contributed by atoms with Gasteiger partial charge in [0.2, 0.25) is 5.78 Å². The maximum atomic E-state index is 12.3. The molecule has 0 aliphatic heterocycles. The highest BCUT2D eigenvalue weighted by Crippen LogP contribution is 2.19. The van der Waals surface area contributed by atoms with Gasteiger partial charge in [-0.15, -0.1) is 0 Å². The van der Waals surface area contributed by atoms with E-state index in [1.54, 1.807) is 24.3 Å². The Balaban J connectivity index is 1.72. The molecule has 0 saturated heterocycles. The van der Waals surface area contributed by atoms with E-state index in [0.717, 1.165) is 10.0 Å². The number of benzene rings is 2. The molecule has 1 aliphatic rings. The van der Waals surface area contributed by atoms with Gasteiger partial charge < -0.3 is 5.32 Å². The van der Waals surface area contributed by atoms with Gasteiger partial charge in [-0.3, -0.25) is 9.59 Å². The number of fused-ring (bicyclic) bond motifs is 1. The lowest BCUT2D eigenvalue weighted by Gasteiger charge is -2.15. The van der Waals surface area contributed by atoms with Gasteiger partial charge in [0.15, 0.2) is 5.78 Å². The lowest BCUT2D eigenvalue weighted by atomic mass is 9.93. The molecule has 0 atom stereocenters. The number of allylic oxidation sites excluding steroid dienone is 2. The summed E-state index contributed by atoms with van der Waals surface area (Å²) in [6.45, 7) is 0.286. The van der Waals surface area contributed by atoms with Crippen LogP contribution in [0, 0.1) is 11.8 Å². The van der Waals surface area contributed by atoms with Crippen LogP contribution in [0.2, 0.25) is 0 Å². The Kier molecular flexibility index (Phi) is 4.40. The molecule has 0 heterocycles. The number of Topliss-reactive ketones (excluding diaryl/α,β-unsaturated/α-hetero) is 1. The molecule has 0 aromatic heterocycles. The Morgan fingerprint density at radius 3 is 2.43 bits per heavy atom. The molecule has 1 aliphatic carbocycles. The quantitative estimate of drug-likeness (QED) is 0.830. The molecular formula is C19H12BrNO2. The third kappa shape index (κ3) is 3.25. The minimum atomic E-state index is -0.178. The van der Waals surface area contributed by atoms with Gasteiger partial charge in [-0.05, 0) is 28.1 Å². The molecule has 0 amide bonds. The molecule has 0 saturated carbocycles. The Morgan fingerprint density at radius 2 is 1.65 bits per heavy atom. The zero-order chi connectivity index (χ0) is 16.2. The van der Waals surface area contributed by atoms with Gasteiger partial charge in [0.25, 0.3) is 0 Å². The van der Waals surface area contributed by atoms with Gasteiger partial charge in [-0.25, -0.2) is 0 Å². The Bertz CT molecular complexity index is 887. The standard InChI is InChI=1S/C19H12BrNO2/c20-16-10-4-1-6-13(16)7-5-11-21-17-12-18(22)14-8-2-3-9-15(14)19(17)23/h1-4,6,8-10,12,21H,11H2. The predicted octanol–water partition coefficient (Wildman–Crippen LogP) is 3.35. The fourth-order valence-electron chi connectivity index (χ4n) is 2.29. The molecule has 2 aromatic rings. The first-order chi connectivity index (χ1) is 11.2. The van der Waals surface area contributed by atoms with E-state index in [-0.39, 0.29) is 23.8 Å². The minimum Gasteiger partial charge on any atom is -0.371 e. The smallest absolute Gasteiger partial charge is 0.209 e. The van der Waals surface area contributed by atoms with E-state index in [4.69, 9.17) is 0 Å². The molecule has 0 bridgehead atoms. The van der Waals surface area contributed by atoms with Crippen molar-refractivity contribution < 1.29 is 9.59 Å². The second kappa shape index (κ2) is 6.64. The Labute approximate surface area is 142 Å². The van der Waals surface area contributed by atoms with E-state index >= 15 is 0 Å². The molecule has 4 heteroatoms. The lowest BCUT2D eigenvalue weighted by molar-refractivity contribution is 0.0979. The molecule has 3 rings (SSSR count). The summed E-state index contributed by atoms with van der Waals surface area (Å²) in [7, 11) is 0. The first kappa shape index (κ1) is 15.3. The van der Waals surface area contributed by atoms with Crippen molar-refractivity contribution >= 4 is 27.5 Å². The van der Waals surface area contributed by atoms with Crippen LogP contribution in [0.25, 0.3) is 0 Å². The summed E-state index contributed by atoms with van der Waals surface area (Å²) in [6.07, 6.45) is 1.34. The number of rotatable bonds is 2. The summed E-state index contributed by atoms with van der Waals surface area (Å²) < 4.78 is 0.921. The zero-order valence-corrected chi connectivity index (χ0v) is 13.7. The molecule has 23 heavy (non-hydrogen) atoms. The van der Waals surface area contributed by atoms with Gasteiger partial charge in [-0.1, -0.05) is 48.2 Å². The average molecular weight is 366 g/mol. The van der Waals surface area contributed by atoms with Crippen LogP contribution in [0.4, 0.5) is 0 Å². The number of hydrogen-bond acceptors (Lipinski definition) is 3. The molecule has 2 aromatic carbocycles. The maximum Gasteiger partial charge on any atom is 0.209 e. The summed E-state index contributed by atoms with van der Waals surface area (Å²) in [4.78, 5) is 24.4. The highest BCUT2D eigenvalue weighted by atomic mass is 79.9. The first-order valence-electron chi connectivity index (χ1n) is 7.04. The number of hydrogen-bond donors (Lipinski definition) is 1. The van der Waals surface area contributed by atoms with E-state index in [2.05, 4.69) is 33.1 Å². The molecule has 3 nitrogen and oxygen atoms in total. The zero-order valence-electron chi connectivity index (χ0n) is 12.1. The van der Waals surface area contributed by atoms with Crippen molar-refractivity contribution in [1.82, 2.24) is 5.32 Å². The van der Waals surface area contributed by atoms with Crippen molar-refractivity contribution in [2.45, 2.75) is 0 Å². The average Bonchev–Trinajstić information content (AvgIpc) is 2.57. The predicted molar refractivity (Wildman–Crippen MR) is 92.2 cm³/mol. The van der Waals surface area contributed by atoms with Crippen molar-refractivity contribution in [2.24, 2.45) is 0 Å². The van der Waals surface area contributed by atoms with Crippen LogP contribution in [0.15, 0.2) is 64.8 Å². The van der Waals surface area contributed by atoms with Crippen LogP contribution >= 0.6 is 15.9 Å². The largest absolute Gasteiger partial charge is 0.371 e. The highest BCUT2D eigenvalue weighted by molar-refractivity contribution is 9.10. The normalized spacial score (nSPS) is 12.8. The number of carbonyl (C=O) groups is 2. The molecular weight excluding hydrogens is 354 g/mol.